The number of hydrogen-bond donors (Lipinski definition) is 2. The number of rotatable bonds is 8. The standard InChI is InChI=1S/C11H20O4S/c1-3-5-6-8(4-2)7-9(12)16-11(15)10(13)14/h8,11,15H,3-7H2,1-2H3,(H,13,14). The molecular weight excluding hydrogens is 228 g/mol. The number of thioether (sulfide) groups is 1. The molecule has 2 atom stereocenters. The molecule has 0 aromatic carbocycles. The third kappa shape index (κ3) is 6.85. The maximum absolute atomic E-state index is 11.4. The Balaban J connectivity index is 3.95. The van der Waals surface area contributed by atoms with Crippen molar-refractivity contribution in [2.45, 2.75) is 51.4 Å². The maximum Gasteiger partial charge on any atom is 0.343 e. The number of carboxylic acid groups (broad SMARTS) is 1. The van der Waals surface area contributed by atoms with Crippen molar-refractivity contribution >= 4 is 22.8 Å². The quantitative estimate of drug-likeness (QED) is 0.644. The molecule has 0 aliphatic carbocycles. The molecule has 0 rings (SSSR count). The number of aliphatic carboxylic acids is 1. The van der Waals surface area contributed by atoms with E-state index in [0.717, 1.165) is 25.7 Å². The second-order valence-electron chi connectivity index (χ2n) is 3.80. The molecule has 16 heavy (non-hydrogen) atoms. The van der Waals surface area contributed by atoms with Gasteiger partial charge in [0.15, 0.2) is 5.12 Å². The Morgan fingerprint density at radius 1 is 1.31 bits per heavy atom. The van der Waals surface area contributed by atoms with Crippen molar-refractivity contribution in [1.82, 2.24) is 0 Å². The van der Waals surface area contributed by atoms with Crippen molar-refractivity contribution in [3.8, 4) is 0 Å². The van der Waals surface area contributed by atoms with E-state index in [1.165, 1.54) is 0 Å². The van der Waals surface area contributed by atoms with Gasteiger partial charge < -0.3 is 10.2 Å². The summed E-state index contributed by atoms with van der Waals surface area (Å²) in [6.07, 6.45) is 4.43. The van der Waals surface area contributed by atoms with Gasteiger partial charge in [0.05, 0.1) is 0 Å². The highest BCUT2D eigenvalue weighted by Crippen LogP contribution is 2.22. The average Bonchev–Trinajstić information content (AvgIpc) is 2.23. The highest BCUT2D eigenvalue weighted by molar-refractivity contribution is 8.14. The van der Waals surface area contributed by atoms with Crippen LogP contribution in [0.4, 0.5) is 0 Å². The number of carbonyl (C=O) groups excluding carboxylic acids is 1. The van der Waals surface area contributed by atoms with E-state index in [1.807, 2.05) is 6.92 Å². The fraction of sp³-hybridized carbons (Fsp3) is 0.818. The summed E-state index contributed by atoms with van der Waals surface area (Å²) in [6, 6.07) is 0. The molecule has 0 saturated heterocycles. The van der Waals surface area contributed by atoms with Gasteiger partial charge in [-0.15, -0.1) is 0 Å². The Kier molecular flexibility index (Phi) is 8.29. The van der Waals surface area contributed by atoms with Gasteiger partial charge in [-0.2, -0.15) is 0 Å². The lowest BCUT2D eigenvalue weighted by Crippen LogP contribution is -2.18. The van der Waals surface area contributed by atoms with Crippen LogP contribution < -0.4 is 0 Å². The minimum Gasteiger partial charge on any atom is -0.479 e. The number of carboxylic acids is 1. The second kappa shape index (κ2) is 8.58. The van der Waals surface area contributed by atoms with Gasteiger partial charge in [-0.25, -0.2) is 4.79 Å². The zero-order valence-electron chi connectivity index (χ0n) is 9.81. The molecule has 0 heterocycles. The Morgan fingerprint density at radius 3 is 2.38 bits per heavy atom. The van der Waals surface area contributed by atoms with Crippen molar-refractivity contribution in [3.63, 3.8) is 0 Å². The normalized spacial score (nSPS) is 14.4. The summed E-state index contributed by atoms with van der Waals surface area (Å²) in [4.78, 5) is 21.8. The van der Waals surface area contributed by atoms with Crippen molar-refractivity contribution < 1.29 is 19.8 Å². The van der Waals surface area contributed by atoms with E-state index < -0.39 is 11.4 Å². The predicted molar refractivity (Wildman–Crippen MR) is 64.2 cm³/mol. The van der Waals surface area contributed by atoms with Crippen molar-refractivity contribution in [2.24, 2.45) is 5.92 Å². The van der Waals surface area contributed by atoms with E-state index in [4.69, 9.17) is 10.2 Å². The van der Waals surface area contributed by atoms with E-state index in [-0.39, 0.29) is 5.12 Å². The lowest BCUT2D eigenvalue weighted by molar-refractivity contribution is -0.142. The second-order valence-corrected chi connectivity index (χ2v) is 4.94. The largest absolute Gasteiger partial charge is 0.479 e. The zero-order chi connectivity index (χ0) is 12.6. The zero-order valence-corrected chi connectivity index (χ0v) is 10.6. The minimum atomic E-state index is -1.63. The number of hydrogen-bond acceptors (Lipinski definition) is 4. The average molecular weight is 248 g/mol. The van der Waals surface area contributed by atoms with Crippen LogP contribution in [-0.4, -0.2) is 26.7 Å². The molecule has 2 unspecified atom stereocenters. The Hall–Kier alpha value is -0.550. The van der Waals surface area contributed by atoms with Crippen molar-refractivity contribution in [3.05, 3.63) is 0 Å². The fourth-order valence-corrected chi connectivity index (χ4v) is 2.08. The molecule has 0 amide bonds. The van der Waals surface area contributed by atoms with E-state index in [9.17, 15) is 9.59 Å². The molecule has 0 aromatic rings. The molecule has 0 saturated carbocycles. The smallest absolute Gasteiger partial charge is 0.343 e. The third-order valence-electron chi connectivity index (χ3n) is 2.45. The molecule has 0 aromatic heterocycles. The highest BCUT2D eigenvalue weighted by Gasteiger charge is 2.20. The van der Waals surface area contributed by atoms with Crippen LogP contribution in [0.15, 0.2) is 0 Å². The van der Waals surface area contributed by atoms with Crippen molar-refractivity contribution in [1.29, 1.82) is 0 Å². The summed E-state index contributed by atoms with van der Waals surface area (Å²) in [7, 11) is 0. The predicted octanol–water partition coefficient (Wildman–Crippen LogP) is 2.26. The first kappa shape index (κ1) is 15.4. The topological polar surface area (TPSA) is 74.6 Å². The molecule has 0 aliphatic rings. The summed E-state index contributed by atoms with van der Waals surface area (Å²) in [5.74, 6) is -1.05. The number of unbranched alkanes of at least 4 members (excludes halogenated alkanes) is 1. The van der Waals surface area contributed by atoms with Gasteiger partial charge in [0.25, 0.3) is 0 Å². The molecule has 0 fully saturated rings. The van der Waals surface area contributed by atoms with Gasteiger partial charge in [0.1, 0.15) is 0 Å². The summed E-state index contributed by atoms with van der Waals surface area (Å²) < 4.78 is 0. The molecular formula is C11H20O4S. The van der Waals surface area contributed by atoms with Gasteiger partial charge in [0.2, 0.25) is 5.44 Å². The number of carbonyl (C=O) groups is 2. The minimum absolute atomic E-state index is 0.238. The van der Waals surface area contributed by atoms with Crippen LogP contribution >= 0.6 is 11.8 Å². The monoisotopic (exact) mass is 248 g/mol. The van der Waals surface area contributed by atoms with Crippen LogP contribution in [0.1, 0.15) is 46.0 Å². The lowest BCUT2D eigenvalue weighted by Gasteiger charge is -2.13. The van der Waals surface area contributed by atoms with Crippen LogP contribution in [0.2, 0.25) is 0 Å². The van der Waals surface area contributed by atoms with Gasteiger partial charge >= 0.3 is 5.97 Å². The first-order chi connectivity index (χ1) is 7.51. The fourth-order valence-electron chi connectivity index (χ4n) is 1.40. The van der Waals surface area contributed by atoms with Crippen LogP contribution in [0.25, 0.3) is 0 Å². The maximum atomic E-state index is 11.4. The van der Waals surface area contributed by atoms with Gasteiger partial charge in [-0.3, -0.25) is 4.79 Å². The summed E-state index contributed by atoms with van der Waals surface area (Å²) in [6.45, 7) is 4.11. The van der Waals surface area contributed by atoms with Crippen LogP contribution in [-0.2, 0) is 9.59 Å². The molecule has 0 radical (unpaired) electrons. The van der Waals surface area contributed by atoms with Gasteiger partial charge in [-0.05, 0) is 17.7 Å². The molecule has 0 spiro atoms. The molecule has 0 aliphatic heterocycles. The Bertz CT molecular complexity index is 230. The Morgan fingerprint density at radius 2 is 1.94 bits per heavy atom. The third-order valence-corrected chi connectivity index (χ3v) is 3.31. The van der Waals surface area contributed by atoms with Gasteiger partial charge in [-0.1, -0.05) is 39.5 Å². The molecule has 94 valence electrons. The van der Waals surface area contributed by atoms with Crippen molar-refractivity contribution in [2.75, 3.05) is 0 Å². The lowest BCUT2D eigenvalue weighted by atomic mass is 9.97. The van der Waals surface area contributed by atoms with E-state index in [2.05, 4.69) is 6.92 Å². The van der Waals surface area contributed by atoms with E-state index in [1.54, 1.807) is 0 Å². The Labute approximate surface area is 100 Å². The van der Waals surface area contributed by atoms with E-state index in [0.29, 0.717) is 24.1 Å². The molecule has 2 N–H and O–H groups in total. The van der Waals surface area contributed by atoms with E-state index >= 15 is 0 Å². The molecule has 0 bridgehead atoms. The molecule has 5 heteroatoms. The number of aliphatic hydroxyl groups excluding tert-OH is 1. The van der Waals surface area contributed by atoms with Gasteiger partial charge in [0, 0.05) is 6.42 Å². The summed E-state index contributed by atoms with van der Waals surface area (Å²) in [5, 5.41) is 17.2. The number of aliphatic hydroxyl groups is 1. The first-order valence-electron chi connectivity index (χ1n) is 5.61. The highest BCUT2D eigenvalue weighted by atomic mass is 32.2. The summed E-state index contributed by atoms with van der Waals surface area (Å²) in [5.41, 5.74) is -1.63. The van der Waals surface area contributed by atoms with Crippen LogP contribution in [0, 0.1) is 5.92 Å². The van der Waals surface area contributed by atoms with Crippen LogP contribution in [0.3, 0.4) is 0 Å². The SMILES string of the molecule is CCCCC(CC)CC(=O)SC(O)C(=O)O. The first-order valence-corrected chi connectivity index (χ1v) is 6.49. The van der Waals surface area contributed by atoms with Crippen LogP contribution in [0.5, 0.6) is 0 Å². The summed E-state index contributed by atoms with van der Waals surface area (Å²) >= 11 is 0.502. The molecule has 4 nitrogen and oxygen atoms in total.